The second kappa shape index (κ2) is 6.22. The van der Waals surface area contributed by atoms with Gasteiger partial charge in [0.1, 0.15) is 5.75 Å². The van der Waals surface area contributed by atoms with Crippen LogP contribution in [0.3, 0.4) is 0 Å². The van der Waals surface area contributed by atoms with Gasteiger partial charge in [-0.1, -0.05) is 32.0 Å². The van der Waals surface area contributed by atoms with Crippen LogP contribution in [-0.2, 0) is 14.6 Å². The van der Waals surface area contributed by atoms with E-state index in [1.54, 1.807) is 6.07 Å². The molecule has 1 heterocycles. The van der Waals surface area contributed by atoms with Crippen LogP contribution < -0.4 is 5.32 Å². The third kappa shape index (κ3) is 4.53. The van der Waals surface area contributed by atoms with Crippen LogP contribution in [-0.4, -0.2) is 30.8 Å². The van der Waals surface area contributed by atoms with Crippen molar-refractivity contribution in [1.29, 1.82) is 0 Å². The SMILES string of the molecule is CC(C)CS(=O)(=O)CC(=O)Nc1cnc2ccccc2c1. The van der Waals surface area contributed by atoms with Gasteiger partial charge in [-0.05, 0) is 18.1 Å². The van der Waals surface area contributed by atoms with Crippen LogP contribution in [0.15, 0.2) is 36.5 Å². The van der Waals surface area contributed by atoms with Crippen LogP contribution >= 0.6 is 0 Å². The van der Waals surface area contributed by atoms with E-state index >= 15 is 0 Å². The Bertz CT molecular complexity index is 754. The molecule has 0 aliphatic carbocycles. The van der Waals surface area contributed by atoms with E-state index in [1.165, 1.54) is 6.20 Å². The third-order valence-corrected chi connectivity index (χ3v) is 4.69. The summed E-state index contributed by atoms with van der Waals surface area (Å²) in [7, 11) is -3.38. The molecule has 1 aromatic carbocycles. The van der Waals surface area contributed by atoms with Crippen LogP contribution in [0.4, 0.5) is 5.69 Å². The molecule has 0 aliphatic rings. The monoisotopic (exact) mass is 306 g/mol. The summed E-state index contributed by atoms with van der Waals surface area (Å²) in [6.45, 7) is 3.62. The summed E-state index contributed by atoms with van der Waals surface area (Å²) < 4.78 is 23.6. The summed E-state index contributed by atoms with van der Waals surface area (Å²) in [5, 5.41) is 3.47. The second-order valence-electron chi connectivity index (χ2n) is 5.41. The zero-order valence-corrected chi connectivity index (χ0v) is 12.9. The highest BCUT2D eigenvalue weighted by molar-refractivity contribution is 7.92. The predicted octanol–water partition coefficient (Wildman–Crippen LogP) is 2.24. The van der Waals surface area contributed by atoms with Crippen molar-refractivity contribution >= 4 is 32.3 Å². The molecule has 0 saturated carbocycles. The number of anilines is 1. The van der Waals surface area contributed by atoms with Crippen molar-refractivity contribution in [2.75, 3.05) is 16.8 Å². The predicted molar refractivity (Wildman–Crippen MR) is 83.9 cm³/mol. The summed E-state index contributed by atoms with van der Waals surface area (Å²) in [6.07, 6.45) is 1.52. The normalized spacial score (nSPS) is 11.8. The summed E-state index contributed by atoms with van der Waals surface area (Å²) in [6, 6.07) is 9.28. The number of benzene rings is 1. The molecule has 0 unspecified atom stereocenters. The number of nitrogens with zero attached hydrogens (tertiary/aromatic N) is 1. The Morgan fingerprint density at radius 3 is 2.71 bits per heavy atom. The fourth-order valence-corrected chi connectivity index (χ4v) is 3.71. The van der Waals surface area contributed by atoms with Crippen molar-refractivity contribution in [2.45, 2.75) is 13.8 Å². The summed E-state index contributed by atoms with van der Waals surface area (Å²) in [4.78, 5) is 16.0. The molecule has 2 aromatic rings. The average Bonchev–Trinajstić information content (AvgIpc) is 2.36. The molecule has 5 nitrogen and oxygen atoms in total. The fourth-order valence-electron chi connectivity index (χ4n) is 2.10. The molecule has 21 heavy (non-hydrogen) atoms. The summed E-state index contributed by atoms with van der Waals surface area (Å²) in [5.74, 6) is -1.02. The van der Waals surface area contributed by atoms with Gasteiger partial charge in [-0.25, -0.2) is 8.42 Å². The van der Waals surface area contributed by atoms with Gasteiger partial charge in [-0.2, -0.15) is 0 Å². The molecule has 112 valence electrons. The van der Waals surface area contributed by atoms with Crippen LogP contribution in [0.2, 0.25) is 0 Å². The zero-order valence-electron chi connectivity index (χ0n) is 12.0. The molecule has 0 spiro atoms. The topological polar surface area (TPSA) is 76.1 Å². The molecule has 0 radical (unpaired) electrons. The summed E-state index contributed by atoms with van der Waals surface area (Å²) in [5.41, 5.74) is 1.32. The van der Waals surface area contributed by atoms with E-state index in [4.69, 9.17) is 0 Å². The number of nitrogens with one attached hydrogen (secondary N) is 1. The van der Waals surface area contributed by atoms with Crippen molar-refractivity contribution in [3.05, 3.63) is 36.5 Å². The van der Waals surface area contributed by atoms with Crippen molar-refractivity contribution in [1.82, 2.24) is 4.98 Å². The number of hydrogen-bond acceptors (Lipinski definition) is 4. The lowest BCUT2D eigenvalue weighted by atomic mass is 10.2. The van der Waals surface area contributed by atoms with E-state index in [1.807, 2.05) is 38.1 Å². The molecule has 1 aromatic heterocycles. The highest BCUT2D eigenvalue weighted by Crippen LogP contribution is 2.16. The lowest BCUT2D eigenvalue weighted by Gasteiger charge is -2.08. The smallest absolute Gasteiger partial charge is 0.239 e. The Morgan fingerprint density at radius 2 is 2.00 bits per heavy atom. The van der Waals surface area contributed by atoms with Crippen molar-refractivity contribution in [3.8, 4) is 0 Å². The number of fused-ring (bicyclic) bond motifs is 1. The van der Waals surface area contributed by atoms with Crippen molar-refractivity contribution < 1.29 is 13.2 Å². The van der Waals surface area contributed by atoms with E-state index in [0.29, 0.717) is 5.69 Å². The molecular formula is C15H18N2O3S. The first kappa shape index (κ1) is 15.4. The van der Waals surface area contributed by atoms with E-state index in [0.717, 1.165) is 10.9 Å². The van der Waals surface area contributed by atoms with Gasteiger partial charge in [0.25, 0.3) is 0 Å². The van der Waals surface area contributed by atoms with Gasteiger partial charge in [-0.3, -0.25) is 9.78 Å². The molecule has 1 N–H and O–H groups in total. The zero-order chi connectivity index (χ0) is 15.5. The Kier molecular flexibility index (Phi) is 4.57. The van der Waals surface area contributed by atoms with Gasteiger partial charge in [0.05, 0.1) is 23.2 Å². The fraction of sp³-hybridized carbons (Fsp3) is 0.333. The van der Waals surface area contributed by atoms with Gasteiger partial charge in [-0.15, -0.1) is 0 Å². The maximum Gasteiger partial charge on any atom is 0.239 e. The number of para-hydroxylation sites is 1. The Hall–Kier alpha value is -1.95. The Labute approximate surface area is 124 Å². The molecule has 0 aliphatic heterocycles. The number of aromatic nitrogens is 1. The number of rotatable bonds is 5. The number of carbonyl (C=O) groups is 1. The van der Waals surface area contributed by atoms with Crippen LogP contribution in [0.5, 0.6) is 0 Å². The quantitative estimate of drug-likeness (QED) is 0.919. The molecule has 0 bridgehead atoms. The van der Waals surface area contributed by atoms with Gasteiger partial charge in [0.2, 0.25) is 5.91 Å². The number of hydrogen-bond donors (Lipinski definition) is 1. The lowest BCUT2D eigenvalue weighted by Crippen LogP contribution is -2.26. The number of pyridine rings is 1. The highest BCUT2D eigenvalue weighted by Gasteiger charge is 2.18. The standard InChI is InChI=1S/C15H18N2O3S/c1-11(2)9-21(19,20)10-15(18)17-13-7-12-5-3-4-6-14(12)16-8-13/h3-8,11H,9-10H2,1-2H3,(H,17,18). The van der Waals surface area contributed by atoms with Crippen molar-refractivity contribution in [2.24, 2.45) is 5.92 Å². The molecule has 6 heteroatoms. The maximum absolute atomic E-state index is 11.8. The molecular weight excluding hydrogens is 288 g/mol. The van der Waals surface area contributed by atoms with E-state index in [2.05, 4.69) is 10.3 Å². The second-order valence-corrected chi connectivity index (χ2v) is 7.52. The van der Waals surface area contributed by atoms with E-state index in [-0.39, 0.29) is 11.7 Å². The summed E-state index contributed by atoms with van der Waals surface area (Å²) >= 11 is 0. The minimum absolute atomic E-state index is 0.00476. The van der Waals surface area contributed by atoms with Gasteiger partial charge < -0.3 is 5.32 Å². The van der Waals surface area contributed by atoms with E-state index in [9.17, 15) is 13.2 Å². The number of sulfone groups is 1. The van der Waals surface area contributed by atoms with Gasteiger partial charge in [0, 0.05) is 5.39 Å². The first-order chi connectivity index (χ1) is 9.85. The Balaban J connectivity index is 2.08. The molecule has 0 fully saturated rings. The largest absolute Gasteiger partial charge is 0.324 e. The van der Waals surface area contributed by atoms with Gasteiger partial charge in [0.15, 0.2) is 9.84 Å². The lowest BCUT2D eigenvalue weighted by molar-refractivity contribution is -0.113. The highest BCUT2D eigenvalue weighted by atomic mass is 32.2. The first-order valence-electron chi connectivity index (χ1n) is 6.71. The number of amides is 1. The third-order valence-electron chi connectivity index (χ3n) is 2.81. The van der Waals surface area contributed by atoms with Crippen LogP contribution in [0.25, 0.3) is 10.9 Å². The molecule has 0 saturated heterocycles. The van der Waals surface area contributed by atoms with Crippen molar-refractivity contribution in [3.63, 3.8) is 0 Å². The molecule has 1 amide bonds. The molecule has 0 atom stereocenters. The van der Waals surface area contributed by atoms with Crippen LogP contribution in [0, 0.1) is 5.92 Å². The molecule has 2 rings (SSSR count). The first-order valence-corrected chi connectivity index (χ1v) is 8.53. The maximum atomic E-state index is 11.8. The minimum Gasteiger partial charge on any atom is -0.324 e. The van der Waals surface area contributed by atoms with E-state index < -0.39 is 21.5 Å². The Morgan fingerprint density at radius 1 is 1.29 bits per heavy atom. The van der Waals surface area contributed by atoms with Gasteiger partial charge >= 0.3 is 0 Å². The average molecular weight is 306 g/mol. The number of carbonyl (C=O) groups excluding carboxylic acids is 1. The minimum atomic E-state index is -3.38. The van der Waals surface area contributed by atoms with Crippen LogP contribution in [0.1, 0.15) is 13.8 Å².